The number of benzene rings is 2. The molecule has 1 aliphatic heterocycles. The predicted molar refractivity (Wildman–Crippen MR) is 85.9 cm³/mol. The van der Waals surface area contributed by atoms with Crippen molar-refractivity contribution in [2.75, 3.05) is 11.8 Å². The zero-order valence-corrected chi connectivity index (χ0v) is 13.9. The lowest BCUT2D eigenvalue weighted by atomic mass is 10.2. The molecule has 3 rings (SSSR count). The Labute approximate surface area is 138 Å². The highest BCUT2D eigenvalue weighted by molar-refractivity contribution is 7.92. The van der Waals surface area contributed by atoms with Crippen LogP contribution in [0.1, 0.15) is 11.1 Å². The van der Waals surface area contributed by atoms with E-state index in [-0.39, 0.29) is 17.1 Å². The summed E-state index contributed by atoms with van der Waals surface area (Å²) in [5.41, 5.74) is 1.21. The van der Waals surface area contributed by atoms with E-state index in [1.807, 2.05) is 0 Å². The van der Waals surface area contributed by atoms with Crippen molar-refractivity contribution in [2.45, 2.75) is 18.4 Å². The first-order chi connectivity index (χ1) is 11.3. The second-order valence-corrected chi connectivity index (χ2v) is 7.25. The van der Waals surface area contributed by atoms with E-state index in [1.165, 1.54) is 41.3 Å². The summed E-state index contributed by atoms with van der Waals surface area (Å²) in [6.45, 7) is 1.81. The second kappa shape index (κ2) is 5.79. The minimum atomic E-state index is -3.84. The lowest BCUT2D eigenvalue weighted by molar-refractivity contribution is 0.150. The van der Waals surface area contributed by atoms with Gasteiger partial charge in [0.2, 0.25) is 0 Å². The van der Waals surface area contributed by atoms with Crippen molar-refractivity contribution < 1.29 is 22.3 Å². The Kier molecular flexibility index (Phi) is 3.92. The number of fused-ring (bicyclic) bond motifs is 1. The predicted octanol–water partition coefficient (Wildman–Crippen LogP) is 2.88. The van der Waals surface area contributed by atoms with Gasteiger partial charge in [-0.1, -0.05) is 0 Å². The van der Waals surface area contributed by atoms with Crippen LogP contribution in [0.2, 0.25) is 0 Å². The molecule has 0 saturated heterocycles. The number of nitrogens with one attached hydrogen (secondary N) is 1. The second-order valence-electron chi connectivity index (χ2n) is 5.56. The summed E-state index contributed by atoms with van der Waals surface area (Å²) in [5, 5.41) is 0. The van der Waals surface area contributed by atoms with Gasteiger partial charge in [-0.05, 0) is 48.9 Å². The van der Waals surface area contributed by atoms with Crippen molar-refractivity contribution in [3.05, 3.63) is 53.3 Å². The van der Waals surface area contributed by atoms with E-state index >= 15 is 0 Å². The van der Waals surface area contributed by atoms with Gasteiger partial charge in [-0.2, -0.15) is 0 Å². The van der Waals surface area contributed by atoms with Gasteiger partial charge in [-0.3, -0.25) is 4.72 Å². The molecule has 0 atom stereocenters. The molecule has 24 heavy (non-hydrogen) atoms. The number of sulfonamides is 1. The molecule has 1 heterocycles. The zero-order chi connectivity index (χ0) is 17.5. The number of carbonyl (C=O) groups excluding carboxylic acids is 1. The molecule has 0 unspecified atom stereocenters. The molecule has 0 aromatic heterocycles. The van der Waals surface area contributed by atoms with Crippen LogP contribution < -0.4 is 9.46 Å². The third kappa shape index (κ3) is 3.05. The quantitative estimate of drug-likeness (QED) is 0.923. The summed E-state index contributed by atoms with van der Waals surface area (Å²) in [5.74, 6) is -0.0636. The van der Waals surface area contributed by atoms with Crippen LogP contribution in [-0.2, 0) is 16.6 Å². The monoisotopic (exact) mass is 350 g/mol. The number of halogens is 1. The molecule has 6 nitrogen and oxygen atoms in total. The molecule has 1 amide bonds. The number of nitrogens with zero attached hydrogens (tertiary/aromatic N) is 1. The summed E-state index contributed by atoms with van der Waals surface area (Å²) < 4.78 is 45.8. The average Bonchev–Trinajstić information content (AvgIpc) is 2.51. The molecule has 0 spiro atoms. The van der Waals surface area contributed by atoms with E-state index < -0.39 is 21.9 Å². The highest BCUT2D eigenvalue weighted by atomic mass is 32.2. The van der Waals surface area contributed by atoms with Crippen LogP contribution in [0.15, 0.2) is 41.3 Å². The average molecular weight is 350 g/mol. The molecule has 2 aromatic carbocycles. The summed E-state index contributed by atoms with van der Waals surface area (Å²) in [6, 6.07) is 8.24. The Morgan fingerprint density at radius 2 is 1.96 bits per heavy atom. The number of carbonyl (C=O) groups is 1. The molecule has 1 aliphatic rings. The van der Waals surface area contributed by atoms with E-state index in [9.17, 15) is 17.6 Å². The normalized spacial score (nSPS) is 14.1. The fourth-order valence-corrected chi connectivity index (χ4v) is 3.46. The summed E-state index contributed by atoms with van der Waals surface area (Å²) in [7, 11) is -2.28. The third-order valence-electron chi connectivity index (χ3n) is 3.67. The standard InChI is InChI=1S/C16H15FN2O4S/c1-10-7-12(3-5-14(10)17)18-24(21,22)13-4-6-15-11(8-13)9-19(2)16(20)23-15/h3-8,18H,9H2,1-2H3. The maximum Gasteiger partial charge on any atom is 0.415 e. The summed E-state index contributed by atoms with van der Waals surface area (Å²) in [6.07, 6.45) is -0.488. The van der Waals surface area contributed by atoms with Crippen LogP contribution in [0.4, 0.5) is 14.9 Å². The summed E-state index contributed by atoms with van der Waals surface area (Å²) >= 11 is 0. The maximum absolute atomic E-state index is 13.3. The Morgan fingerprint density at radius 1 is 1.21 bits per heavy atom. The first kappa shape index (κ1) is 16.3. The highest BCUT2D eigenvalue weighted by Gasteiger charge is 2.24. The van der Waals surface area contributed by atoms with E-state index in [0.29, 0.717) is 16.9 Å². The van der Waals surface area contributed by atoms with Gasteiger partial charge in [0.15, 0.2) is 0 Å². The molecule has 0 bridgehead atoms. The van der Waals surface area contributed by atoms with Gasteiger partial charge in [0.1, 0.15) is 11.6 Å². The van der Waals surface area contributed by atoms with Crippen molar-refractivity contribution in [3.8, 4) is 5.75 Å². The molecule has 8 heteroatoms. The van der Waals surface area contributed by atoms with Crippen LogP contribution in [-0.4, -0.2) is 26.5 Å². The highest BCUT2D eigenvalue weighted by Crippen LogP contribution is 2.28. The number of hydrogen-bond donors (Lipinski definition) is 1. The molecule has 0 aliphatic carbocycles. The zero-order valence-electron chi connectivity index (χ0n) is 13.0. The molecule has 0 fully saturated rings. The van der Waals surface area contributed by atoms with Crippen molar-refractivity contribution in [1.82, 2.24) is 4.90 Å². The largest absolute Gasteiger partial charge is 0.415 e. The topological polar surface area (TPSA) is 75.7 Å². The molecule has 1 N–H and O–H groups in total. The number of ether oxygens (including phenoxy) is 1. The summed E-state index contributed by atoms with van der Waals surface area (Å²) in [4.78, 5) is 12.9. The lowest BCUT2D eigenvalue weighted by Crippen LogP contribution is -2.33. The van der Waals surface area contributed by atoms with E-state index in [4.69, 9.17) is 4.74 Å². The first-order valence-corrected chi connectivity index (χ1v) is 8.59. The molecule has 126 valence electrons. The van der Waals surface area contributed by atoms with Crippen LogP contribution in [0.5, 0.6) is 5.75 Å². The van der Waals surface area contributed by atoms with Gasteiger partial charge in [0.05, 0.1) is 11.4 Å². The lowest BCUT2D eigenvalue weighted by Gasteiger charge is -2.24. The Hall–Kier alpha value is -2.61. The van der Waals surface area contributed by atoms with Gasteiger partial charge < -0.3 is 9.64 Å². The Bertz CT molecular complexity index is 928. The van der Waals surface area contributed by atoms with Crippen molar-refractivity contribution >= 4 is 21.8 Å². The van der Waals surface area contributed by atoms with Crippen LogP contribution in [0.3, 0.4) is 0 Å². The minimum absolute atomic E-state index is 0.0366. The van der Waals surface area contributed by atoms with E-state index in [0.717, 1.165) is 0 Å². The third-order valence-corrected chi connectivity index (χ3v) is 5.05. The number of amides is 1. The van der Waals surface area contributed by atoms with Gasteiger partial charge in [-0.15, -0.1) is 0 Å². The molecule has 2 aromatic rings. The van der Waals surface area contributed by atoms with Gasteiger partial charge in [0.25, 0.3) is 10.0 Å². The van der Waals surface area contributed by atoms with Crippen LogP contribution in [0, 0.1) is 12.7 Å². The van der Waals surface area contributed by atoms with E-state index in [1.54, 1.807) is 14.0 Å². The Morgan fingerprint density at radius 3 is 2.67 bits per heavy atom. The maximum atomic E-state index is 13.3. The first-order valence-electron chi connectivity index (χ1n) is 7.11. The number of anilines is 1. The van der Waals surface area contributed by atoms with E-state index in [2.05, 4.69) is 4.72 Å². The minimum Gasteiger partial charge on any atom is -0.410 e. The van der Waals surface area contributed by atoms with Gasteiger partial charge in [-0.25, -0.2) is 17.6 Å². The fraction of sp³-hybridized carbons (Fsp3) is 0.188. The van der Waals surface area contributed by atoms with Crippen LogP contribution >= 0.6 is 0 Å². The molecule has 0 radical (unpaired) electrons. The van der Waals surface area contributed by atoms with Crippen molar-refractivity contribution in [2.24, 2.45) is 0 Å². The molecule has 0 saturated carbocycles. The van der Waals surface area contributed by atoms with Gasteiger partial charge in [0, 0.05) is 18.3 Å². The molecular formula is C16H15FN2O4S. The smallest absolute Gasteiger partial charge is 0.410 e. The van der Waals surface area contributed by atoms with Crippen LogP contribution in [0.25, 0.3) is 0 Å². The fourth-order valence-electron chi connectivity index (χ4n) is 2.36. The van der Waals surface area contributed by atoms with Crippen molar-refractivity contribution in [3.63, 3.8) is 0 Å². The molecular weight excluding hydrogens is 335 g/mol. The SMILES string of the molecule is Cc1cc(NS(=O)(=O)c2ccc3c(c2)CN(C)C(=O)O3)ccc1F. The van der Waals surface area contributed by atoms with Gasteiger partial charge >= 0.3 is 6.09 Å². The number of hydrogen-bond acceptors (Lipinski definition) is 4. The number of aryl methyl sites for hydroxylation is 1. The van der Waals surface area contributed by atoms with Crippen molar-refractivity contribution in [1.29, 1.82) is 0 Å². The Balaban J connectivity index is 1.91. The number of rotatable bonds is 3.